The maximum Gasteiger partial charge on any atom is 0.225 e. The molecule has 0 aromatic heterocycles. The second-order valence-corrected chi connectivity index (χ2v) is 7.57. The van der Waals surface area contributed by atoms with Gasteiger partial charge in [-0.15, -0.1) is 0 Å². The minimum Gasteiger partial charge on any atom is -0.378 e. The highest BCUT2D eigenvalue weighted by Gasteiger charge is 2.24. The largest absolute Gasteiger partial charge is 0.378 e. The van der Waals surface area contributed by atoms with E-state index in [2.05, 4.69) is 56.2 Å². The van der Waals surface area contributed by atoms with E-state index in [9.17, 15) is 4.79 Å². The average molecular weight is 408 g/mol. The minimum atomic E-state index is 0.0582. The van der Waals surface area contributed by atoms with Gasteiger partial charge in [0.15, 0.2) is 5.96 Å². The van der Waals surface area contributed by atoms with Gasteiger partial charge in [0.05, 0.1) is 13.2 Å². The van der Waals surface area contributed by atoms with Gasteiger partial charge in [-0.1, -0.05) is 36.4 Å². The number of morpholine rings is 1. The van der Waals surface area contributed by atoms with Crippen LogP contribution in [0.4, 0.5) is 11.4 Å². The summed E-state index contributed by atoms with van der Waals surface area (Å²) >= 11 is 0. The van der Waals surface area contributed by atoms with Crippen molar-refractivity contribution in [2.45, 2.75) is 18.9 Å². The third-order valence-electron chi connectivity index (χ3n) is 5.64. The standard InChI is InChI=1S/C23H29N5O2/c1-24-23(26-16-18-14-22(29)27-20-8-4-3-7-19(18)20)25-15-17-6-2-5-9-21(17)28-10-12-30-13-11-28/h2-9,18H,10-16H2,1H3,(H,27,29)(H2,24,25,26). The summed E-state index contributed by atoms with van der Waals surface area (Å²) in [6.45, 7) is 4.67. The molecule has 3 N–H and O–H groups in total. The molecule has 158 valence electrons. The summed E-state index contributed by atoms with van der Waals surface area (Å²) in [7, 11) is 1.77. The molecule has 0 radical (unpaired) electrons. The monoisotopic (exact) mass is 407 g/mol. The molecule has 1 fully saturated rings. The molecular formula is C23H29N5O2. The fourth-order valence-electron chi connectivity index (χ4n) is 4.08. The van der Waals surface area contributed by atoms with E-state index in [1.54, 1.807) is 7.05 Å². The summed E-state index contributed by atoms with van der Waals surface area (Å²) < 4.78 is 5.48. The number of anilines is 2. The molecule has 2 aromatic carbocycles. The number of nitrogens with zero attached hydrogens (tertiary/aromatic N) is 2. The van der Waals surface area contributed by atoms with Crippen LogP contribution in [0.3, 0.4) is 0 Å². The van der Waals surface area contributed by atoms with Crippen LogP contribution in [0.2, 0.25) is 0 Å². The molecule has 0 bridgehead atoms. The Labute approximate surface area is 177 Å². The Kier molecular flexibility index (Phi) is 6.49. The molecule has 2 heterocycles. The first-order valence-corrected chi connectivity index (χ1v) is 10.5. The van der Waals surface area contributed by atoms with Gasteiger partial charge in [0, 0.05) is 56.9 Å². The molecule has 2 aromatic rings. The lowest BCUT2D eigenvalue weighted by Crippen LogP contribution is -2.41. The van der Waals surface area contributed by atoms with Gasteiger partial charge in [0.25, 0.3) is 0 Å². The number of rotatable bonds is 5. The first-order valence-electron chi connectivity index (χ1n) is 10.5. The molecule has 0 aliphatic carbocycles. The molecular weight excluding hydrogens is 378 g/mol. The maximum atomic E-state index is 12.1. The molecule has 7 nitrogen and oxygen atoms in total. The van der Waals surface area contributed by atoms with Gasteiger partial charge < -0.3 is 25.6 Å². The summed E-state index contributed by atoms with van der Waals surface area (Å²) in [5.41, 5.74) is 4.53. The van der Waals surface area contributed by atoms with Crippen LogP contribution in [0.25, 0.3) is 0 Å². The predicted molar refractivity (Wildman–Crippen MR) is 120 cm³/mol. The summed E-state index contributed by atoms with van der Waals surface area (Å²) in [5, 5.41) is 9.76. The van der Waals surface area contributed by atoms with Crippen molar-refractivity contribution in [2.24, 2.45) is 4.99 Å². The predicted octanol–water partition coefficient (Wildman–Crippen LogP) is 2.31. The quantitative estimate of drug-likeness (QED) is 0.524. The number of guanidine groups is 1. The lowest BCUT2D eigenvalue weighted by atomic mass is 9.90. The summed E-state index contributed by atoms with van der Waals surface area (Å²) in [6.07, 6.45) is 0.473. The van der Waals surface area contributed by atoms with Crippen molar-refractivity contribution in [1.29, 1.82) is 0 Å². The highest BCUT2D eigenvalue weighted by atomic mass is 16.5. The van der Waals surface area contributed by atoms with Crippen LogP contribution in [-0.4, -0.2) is 51.8 Å². The van der Waals surface area contributed by atoms with E-state index in [1.807, 2.05) is 18.2 Å². The minimum absolute atomic E-state index is 0.0582. The van der Waals surface area contributed by atoms with E-state index >= 15 is 0 Å². The summed E-state index contributed by atoms with van der Waals surface area (Å²) in [6, 6.07) is 16.4. The van der Waals surface area contributed by atoms with Crippen LogP contribution in [0.15, 0.2) is 53.5 Å². The lowest BCUT2D eigenvalue weighted by molar-refractivity contribution is -0.116. The maximum absolute atomic E-state index is 12.1. The molecule has 4 rings (SSSR count). The van der Waals surface area contributed by atoms with Crippen LogP contribution >= 0.6 is 0 Å². The Morgan fingerprint density at radius 3 is 2.73 bits per heavy atom. The van der Waals surface area contributed by atoms with E-state index in [-0.39, 0.29) is 11.8 Å². The smallest absolute Gasteiger partial charge is 0.225 e. The Morgan fingerprint density at radius 1 is 1.13 bits per heavy atom. The Morgan fingerprint density at radius 2 is 1.90 bits per heavy atom. The Hall–Kier alpha value is -3.06. The van der Waals surface area contributed by atoms with Gasteiger partial charge in [-0.25, -0.2) is 0 Å². The number of carbonyl (C=O) groups excluding carboxylic acids is 1. The third-order valence-corrected chi connectivity index (χ3v) is 5.64. The molecule has 30 heavy (non-hydrogen) atoms. The number of benzene rings is 2. The van der Waals surface area contributed by atoms with Crippen molar-refractivity contribution >= 4 is 23.2 Å². The Bertz CT molecular complexity index is 908. The van der Waals surface area contributed by atoms with Gasteiger partial charge in [-0.2, -0.15) is 0 Å². The number of para-hydroxylation sites is 2. The van der Waals surface area contributed by atoms with Crippen molar-refractivity contribution in [3.05, 3.63) is 59.7 Å². The van der Waals surface area contributed by atoms with E-state index in [4.69, 9.17) is 4.74 Å². The molecule has 1 atom stereocenters. The first-order chi connectivity index (χ1) is 14.7. The molecule has 2 aliphatic heterocycles. The van der Waals surface area contributed by atoms with Crippen LogP contribution in [0.5, 0.6) is 0 Å². The number of nitrogens with one attached hydrogen (secondary N) is 3. The average Bonchev–Trinajstić information content (AvgIpc) is 2.79. The molecule has 1 saturated heterocycles. The number of amides is 1. The second-order valence-electron chi connectivity index (χ2n) is 7.57. The topological polar surface area (TPSA) is 78.0 Å². The molecule has 7 heteroatoms. The Balaban J connectivity index is 1.37. The number of ether oxygens (including phenoxy) is 1. The van der Waals surface area contributed by atoms with Crippen molar-refractivity contribution in [1.82, 2.24) is 10.6 Å². The SMILES string of the molecule is CN=C(NCc1ccccc1N1CCOCC1)NCC1CC(=O)Nc2ccccc21. The van der Waals surface area contributed by atoms with Crippen molar-refractivity contribution < 1.29 is 9.53 Å². The number of hydrogen-bond acceptors (Lipinski definition) is 4. The van der Waals surface area contributed by atoms with E-state index in [0.717, 1.165) is 43.5 Å². The fraction of sp³-hybridized carbons (Fsp3) is 0.391. The first kappa shape index (κ1) is 20.2. The van der Waals surface area contributed by atoms with Gasteiger partial charge in [-0.3, -0.25) is 9.79 Å². The fourth-order valence-corrected chi connectivity index (χ4v) is 4.08. The zero-order valence-corrected chi connectivity index (χ0v) is 17.4. The zero-order chi connectivity index (χ0) is 20.8. The number of carbonyl (C=O) groups is 1. The summed E-state index contributed by atoms with van der Waals surface area (Å²) in [5.74, 6) is 0.910. The number of fused-ring (bicyclic) bond motifs is 1. The van der Waals surface area contributed by atoms with Crippen LogP contribution in [0.1, 0.15) is 23.5 Å². The van der Waals surface area contributed by atoms with Crippen molar-refractivity contribution in [3.63, 3.8) is 0 Å². The normalized spacial score (nSPS) is 19.1. The highest BCUT2D eigenvalue weighted by molar-refractivity contribution is 5.94. The van der Waals surface area contributed by atoms with E-state index in [1.165, 1.54) is 11.3 Å². The highest BCUT2D eigenvalue weighted by Crippen LogP contribution is 2.31. The zero-order valence-electron chi connectivity index (χ0n) is 17.4. The second kappa shape index (κ2) is 9.63. The molecule has 2 aliphatic rings. The molecule has 1 unspecified atom stereocenters. The van der Waals surface area contributed by atoms with Crippen LogP contribution in [-0.2, 0) is 16.1 Å². The number of aliphatic imine (C=N–C) groups is 1. The number of hydrogen-bond donors (Lipinski definition) is 3. The molecule has 0 spiro atoms. The summed E-state index contributed by atoms with van der Waals surface area (Å²) in [4.78, 5) is 18.8. The van der Waals surface area contributed by atoms with Crippen LogP contribution < -0.4 is 20.9 Å². The van der Waals surface area contributed by atoms with E-state index < -0.39 is 0 Å². The molecule has 0 saturated carbocycles. The van der Waals surface area contributed by atoms with Crippen molar-refractivity contribution in [2.75, 3.05) is 50.1 Å². The van der Waals surface area contributed by atoms with Crippen molar-refractivity contribution in [3.8, 4) is 0 Å². The van der Waals surface area contributed by atoms with E-state index in [0.29, 0.717) is 19.5 Å². The third kappa shape index (κ3) is 4.74. The molecule has 1 amide bonds. The van der Waals surface area contributed by atoms with Gasteiger partial charge in [0.1, 0.15) is 0 Å². The van der Waals surface area contributed by atoms with Gasteiger partial charge in [-0.05, 0) is 23.3 Å². The van der Waals surface area contributed by atoms with Gasteiger partial charge in [0.2, 0.25) is 5.91 Å². The lowest BCUT2D eigenvalue weighted by Gasteiger charge is -2.31. The van der Waals surface area contributed by atoms with Crippen LogP contribution in [0, 0.1) is 0 Å². The van der Waals surface area contributed by atoms with Gasteiger partial charge >= 0.3 is 0 Å².